The van der Waals surface area contributed by atoms with Gasteiger partial charge < -0.3 is 14.8 Å². The Balaban J connectivity index is 0.00000256. The molecule has 5 radical (unpaired) electrons. The van der Waals surface area contributed by atoms with Crippen LogP contribution in [0.15, 0.2) is 23.1 Å². The lowest BCUT2D eigenvalue weighted by atomic mass is 9.90. The molecule has 2 fully saturated rings. The molecule has 0 bridgehead atoms. The van der Waals surface area contributed by atoms with E-state index in [1.54, 1.807) is 12.1 Å². The summed E-state index contributed by atoms with van der Waals surface area (Å²) in [7, 11) is -0.700. The molecule has 0 aromatic heterocycles. The summed E-state index contributed by atoms with van der Waals surface area (Å²) in [5.41, 5.74) is 0. The average Bonchev–Trinajstić information content (AvgIpc) is 3.21. The van der Waals surface area contributed by atoms with Crippen LogP contribution in [0, 0.1) is 26.7 Å². The number of hydrogen-bond acceptors (Lipinski definition) is 5. The molecule has 1 aliphatic heterocycles. The van der Waals surface area contributed by atoms with Gasteiger partial charge in [-0.25, -0.2) is 8.42 Å². The molecule has 179 valence electrons. The third-order valence-corrected chi connectivity index (χ3v) is 7.97. The first-order valence-corrected chi connectivity index (χ1v) is 12.2. The number of carbonyl (C=O) groups excluding carboxylic acids is 1. The lowest BCUT2D eigenvalue weighted by molar-refractivity contribution is -0.120. The summed E-state index contributed by atoms with van der Waals surface area (Å²) in [6.45, 7) is 1.34. The molecule has 3 rings (SSSR count). The molecule has 2 aliphatic rings. The predicted molar refractivity (Wildman–Crippen MR) is 126 cm³/mol. The van der Waals surface area contributed by atoms with E-state index in [4.69, 9.17) is 9.47 Å². The highest BCUT2D eigenvalue weighted by atomic mass is 32.2. The summed E-state index contributed by atoms with van der Waals surface area (Å²) >= 11 is 0. The van der Waals surface area contributed by atoms with E-state index in [9.17, 15) is 13.2 Å². The van der Waals surface area contributed by atoms with Crippen LogP contribution in [-0.2, 0) is 14.8 Å². The minimum absolute atomic E-state index is 0. The van der Waals surface area contributed by atoms with Crippen LogP contribution >= 0.6 is 0 Å². The molecule has 1 aromatic rings. The van der Waals surface area contributed by atoms with Gasteiger partial charge in [0.15, 0.2) is 0 Å². The van der Waals surface area contributed by atoms with Crippen molar-refractivity contribution in [3.05, 3.63) is 39.0 Å². The van der Waals surface area contributed by atoms with E-state index in [0.29, 0.717) is 25.4 Å². The highest BCUT2D eigenvalue weighted by molar-refractivity contribution is 7.89. The van der Waals surface area contributed by atoms with Gasteiger partial charge in [0, 0.05) is 25.7 Å². The number of amides is 1. The molecule has 1 heterocycles. The van der Waals surface area contributed by atoms with Crippen molar-refractivity contribution in [3.8, 4) is 11.5 Å². The zero-order valence-electron chi connectivity index (χ0n) is 19.4. The third kappa shape index (κ3) is 6.85. The summed E-state index contributed by atoms with van der Waals surface area (Å²) in [6, 6.07) is 4.72. The van der Waals surface area contributed by atoms with Crippen molar-refractivity contribution in [1.82, 2.24) is 9.62 Å². The van der Waals surface area contributed by atoms with Crippen LogP contribution in [0.1, 0.15) is 51.4 Å². The van der Waals surface area contributed by atoms with E-state index >= 15 is 0 Å². The Morgan fingerprint density at radius 3 is 2.34 bits per heavy atom. The van der Waals surface area contributed by atoms with Crippen molar-refractivity contribution < 1.29 is 22.7 Å². The number of methoxy groups -OCH3 is 2. The Kier molecular flexibility index (Phi) is 11.5. The van der Waals surface area contributed by atoms with Crippen LogP contribution in [0.25, 0.3) is 0 Å². The monoisotopic (exact) mass is 465 g/mol. The maximum atomic E-state index is 13.1. The molecule has 7 nitrogen and oxygen atoms in total. The number of sulfonamides is 1. The predicted octanol–water partition coefficient (Wildman–Crippen LogP) is 3.80. The lowest BCUT2D eigenvalue weighted by Gasteiger charge is -2.20. The molecule has 8 heteroatoms. The fourth-order valence-electron chi connectivity index (χ4n) is 4.23. The molecule has 1 unspecified atom stereocenters. The molecule has 1 aromatic carbocycles. The van der Waals surface area contributed by atoms with Crippen molar-refractivity contribution in [2.75, 3.05) is 33.9 Å². The minimum atomic E-state index is -3.67. The average molecular weight is 466 g/mol. The number of nitrogens with zero attached hydrogens (tertiary/aromatic N) is 1. The van der Waals surface area contributed by atoms with Crippen molar-refractivity contribution in [3.63, 3.8) is 0 Å². The fraction of sp³-hybridized carbons (Fsp3) is 0.583. The fourth-order valence-corrected chi connectivity index (χ4v) is 5.90. The molecule has 1 saturated heterocycles. The second kappa shape index (κ2) is 13.0. The van der Waals surface area contributed by atoms with Crippen LogP contribution in [0.5, 0.6) is 11.5 Å². The highest BCUT2D eigenvalue weighted by Crippen LogP contribution is 2.33. The van der Waals surface area contributed by atoms with Gasteiger partial charge in [0.2, 0.25) is 15.9 Å². The SMILES string of the molecule is COc1ccc(S(=O)(=O)N2CCC(CNC(=O)[C]3CCCCCCC3)C2)c(OC)c1.[CH2].[CH2]. The molecule has 32 heavy (non-hydrogen) atoms. The van der Waals surface area contributed by atoms with Gasteiger partial charge in [-0.05, 0) is 37.3 Å². The van der Waals surface area contributed by atoms with Gasteiger partial charge in [-0.3, -0.25) is 4.79 Å². The third-order valence-electron chi connectivity index (χ3n) is 6.07. The topological polar surface area (TPSA) is 84.9 Å². The molecule has 0 spiro atoms. The van der Waals surface area contributed by atoms with Gasteiger partial charge in [-0.2, -0.15) is 4.31 Å². The van der Waals surface area contributed by atoms with Gasteiger partial charge in [-0.15, -0.1) is 0 Å². The van der Waals surface area contributed by atoms with Crippen LogP contribution < -0.4 is 14.8 Å². The van der Waals surface area contributed by atoms with Crippen LogP contribution in [0.4, 0.5) is 0 Å². The van der Waals surface area contributed by atoms with E-state index in [1.165, 1.54) is 43.9 Å². The number of carbonyl (C=O) groups is 1. The van der Waals surface area contributed by atoms with E-state index in [2.05, 4.69) is 5.32 Å². The van der Waals surface area contributed by atoms with Crippen LogP contribution in [-0.4, -0.2) is 52.5 Å². The zero-order chi connectivity index (χ0) is 21.6. The quantitative estimate of drug-likeness (QED) is 0.662. The van der Waals surface area contributed by atoms with Crippen molar-refractivity contribution in [2.45, 2.75) is 56.3 Å². The van der Waals surface area contributed by atoms with Gasteiger partial charge >= 0.3 is 0 Å². The van der Waals surface area contributed by atoms with Crippen molar-refractivity contribution in [2.24, 2.45) is 5.92 Å². The Morgan fingerprint density at radius 2 is 1.72 bits per heavy atom. The highest BCUT2D eigenvalue weighted by Gasteiger charge is 2.35. The molecule has 1 amide bonds. The van der Waals surface area contributed by atoms with Gasteiger partial charge in [-0.1, -0.05) is 47.0 Å². The number of ether oxygens (including phenoxy) is 2. The second-order valence-electron chi connectivity index (χ2n) is 8.12. The maximum absolute atomic E-state index is 13.1. The van der Waals surface area contributed by atoms with Crippen molar-refractivity contribution >= 4 is 15.9 Å². The van der Waals surface area contributed by atoms with E-state index in [0.717, 1.165) is 38.0 Å². The van der Waals surface area contributed by atoms with Crippen molar-refractivity contribution in [1.29, 1.82) is 0 Å². The smallest absolute Gasteiger partial charge is 0.246 e. The Labute approximate surface area is 194 Å². The Morgan fingerprint density at radius 1 is 1.06 bits per heavy atom. The first-order valence-electron chi connectivity index (χ1n) is 10.8. The minimum Gasteiger partial charge on any atom is -0.497 e. The maximum Gasteiger partial charge on any atom is 0.246 e. The summed E-state index contributed by atoms with van der Waals surface area (Å²) in [5, 5.41) is 3.05. The first kappa shape index (κ1) is 28.2. The molecule has 1 N–H and O–H groups in total. The van der Waals surface area contributed by atoms with Crippen LogP contribution in [0.3, 0.4) is 0 Å². The van der Waals surface area contributed by atoms with E-state index in [-0.39, 0.29) is 37.3 Å². The van der Waals surface area contributed by atoms with Crippen LogP contribution in [0.2, 0.25) is 0 Å². The summed E-state index contributed by atoms with van der Waals surface area (Å²) in [6.07, 6.45) is 8.32. The summed E-state index contributed by atoms with van der Waals surface area (Å²) in [5.74, 6) is 1.98. The number of benzene rings is 1. The van der Waals surface area contributed by atoms with Gasteiger partial charge in [0.05, 0.1) is 20.1 Å². The number of hydrogen-bond donors (Lipinski definition) is 1. The Bertz CT molecular complexity index is 820. The van der Waals surface area contributed by atoms with E-state index in [1.807, 2.05) is 0 Å². The second-order valence-corrected chi connectivity index (χ2v) is 10.0. The summed E-state index contributed by atoms with van der Waals surface area (Å²) < 4.78 is 38.2. The first-order chi connectivity index (χ1) is 14.5. The van der Waals surface area contributed by atoms with E-state index < -0.39 is 10.0 Å². The zero-order valence-corrected chi connectivity index (χ0v) is 20.2. The normalized spacial score (nSPS) is 20.2. The largest absolute Gasteiger partial charge is 0.497 e. The molecular formula is C24H37N2O5S. The summed E-state index contributed by atoms with van der Waals surface area (Å²) in [4.78, 5) is 12.7. The van der Waals surface area contributed by atoms with Gasteiger partial charge in [0.1, 0.15) is 16.4 Å². The Hall–Kier alpha value is -1.80. The molecule has 1 aliphatic carbocycles. The lowest BCUT2D eigenvalue weighted by Crippen LogP contribution is -2.35. The molecular weight excluding hydrogens is 428 g/mol. The van der Waals surface area contributed by atoms with Gasteiger partial charge in [0.25, 0.3) is 0 Å². The number of rotatable bonds is 7. The standard InChI is InChI=1S/C22H33N2O5S.2CH2/c1-28-19-10-11-21(20(14-19)29-2)30(26,27)24-13-12-17(16-24)15-23-22(25)18-8-6-4-3-5-7-9-18;;/h10-11,14,17H,3-9,12-13,15-16H2,1-2H3,(H,23,25);2*1H2. The molecule has 1 saturated carbocycles. The number of nitrogens with one attached hydrogen (secondary N) is 1. The molecule has 1 atom stereocenters.